The Balaban J connectivity index is 1.68. The number of rotatable bonds is 4. The molecule has 1 aromatic carbocycles. The summed E-state index contributed by atoms with van der Waals surface area (Å²) < 4.78 is 0. The fourth-order valence-electron chi connectivity index (χ4n) is 2.65. The molecule has 0 aliphatic heterocycles. The van der Waals surface area contributed by atoms with Crippen LogP contribution in [0.5, 0.6) is 0 Å². The Morgan fingerprint density at radius 1 is 0.607 bits per heavy atom. The van der Waals surface area contributed by atoms with Crippen molar-refractivity contribution in [2.75, 3.05) is 0 Å². The summed E-state index contributed by atoms with van der Waals surface area (Å²) in [5.41, 5.74) is 5.47. The van der Waals surface area contributed by atoms with Gasteiger partial charge in [0.25, 0.3) is 0 Å². The van der Waals surface area contributed by atoms with Crippen LogP contribution in [0.15, 0.2) is 71.2 Å². The molecule has 0 saturated carbocycles. The van der Waals surface area contributed by atoms with E-state index in [0.717, 1.165) is 33.3 Å². The Kier molecular flexibility index (Phi) is 4.93. The summed E-state index contributed by atoms with van der Waals surface area (Å²) in [6.45, 7) is 3.99. The van der Waals surface area contributed by atoms with Gasteiger partial charge in [0, 0.05) is 48.3 Å². The van der Waals surface area contributed by atoms with Gasteiger partial charge in [0.15, 0.2) is 11.6 Å². The second-order valence-electron chi connectivity index (χ2n) is 6.40. The molecule has 136 valence electrons. The van der Waals surface area contributed by atoms with Gasteiger partial charge in [0.2, 0.25) is 0 Å². The van der Waals surface area contributed by atoms with E-state index in [-0.39, 0.29) is 0 Å². The standard InChI is InChI=1S/C22H18N6/c1-15-3-7-19(25-11-15)27-13-17-5-6-18(22-21(17)23-9-10-24-22)14-28-20-8-4-16(2)12-26-20/h3-14H,1-2H3/b27-13+,28-14+. The summed E-state index contributed by atoms with van der Waals surface area (Å²) in [4.78, 5) is 26.5. The van der Waals surface area contributed by atoms with E-state index in [1.165, 1.54) is 0 Å². The van der Waals surface area contributed by atoms with Crippen molar-refractivity contribution in [3.8, 4) is 0 Å². The third-order valence-electron chi connectivity index (χ3n) is 4.15. The molecule has 4 aromatic rings. The number of hydrogen-bond donors (Lipinski definition) is 0. The van der Waals surface area contributed by atoms with E-state index in [4.69, 9.17) is 0 Å². The van der Waals surface area contributed by atoms with Crippen LogP contribution < -0.4 is 0 Å². The Morgan fingerprint density at radius 2 is 1.07 bits per heavy atom. The van der Waals surface area contributed by atoms with Crippen molar-refractivity contribution < 1.29 is 0 Å². The van der Waals surface area contributed by atoms with E-state index in [1.807, 2.05) is 50.2 Å². The zero-order valence-corrected chi connectivity index (χ0v) is 15.6. The summed E-state index contributed by atoms with van der Waals surface area (Å²) in [5.74, 6) is 1.30. The van der Waals surface area contributed by atoms with Gasteiger partial charge in [0.05, 0.1) is 11.0 Å². The van der Waals surface area contributed by atoms with Crippen LogP contribution in [0, 0.1) is 13.8 Å². The second-order valence-corrected chi connectivity index (χ2v) is 6.40. The van der Waals surface area contributed by atoms with E-state index < -0.39 is 0 Å². The second kappa shape index (κ2) is 7.84. The van der Waals surface area contributed by atoms with Gasteiger partial charge in [-0.2, -0.15) is 0 Å². The number of nitrogens with zero attached hydrogens (tertiary/aromatic N) is 6. The zero-order valence-electron chi connectivity index (χ0n) is 15.6. The largest absolute Gasteiger partial charge is 0.252 e. The maximum Gasteiger partial charge on any atom is 0.151 e. The molecular formula is C22H18N6. The predicted octanol–water partition coefficient (Wildman–Crippen LogP) is 4.54. The van der Waals surface area contributed by atoms with Crippen molar-refractivity contribution in [1.29, 1.82) is 0 Å². The number of benzene rings is 1. The van der Waals surface area contributed by atoms with Gasteiger partial charge in [-0.05, 0) is 37.1 Å². The van der Waals surface area contributed by atoms with Gasteiger partial charge in [0.1, 0.15) is 0 Å². The van der Waals surface area contributed by atoms with E-state index in [0.29, 0.717) is 11.6 Å². The molecule has 0 saturated heterocycles. The third-order valence-corrected chi connectivity index (χ3v) is 4.15. The highest BCUT2D eigenvalue weighted by Crippen LogP contribution is 2.18. The summed E-state index contributed by atoms with van der Waals surface area (Å²) in [5, 5.41) is 0. The van der Waals surface area contributed by atoms with Crippen LogP contribution >= 0.6 is 0 Å². The summed E-state index contributed by atoms with van der Waals surface area (Å²) >= 11 is 0. The average molecular weight is 366 g/mol. The number of aromatic nitrogens is 4. The summed E-state index contributed by atoms with van der Waals surface area (Å²) in [6.07, 6.45) is 10.5. The van der Waals surface area contributed by atoms with E-state index >= 15 is 0 Å². The van der Waals surface area contributed by atoms with Crippen LogP contribution in [-0.2, 0) is 0 Å². The molecule has 0 fully saturated rings. The van der Waals surface area contributed by atoms with Crippen molar-refractivity contribution in [1.82, 2.24) is 19.9 Å². The van der Waals surface area contributed by atoms with Gasteiger partial charge in [-0.25, -0.2) is 20.0 Å². The quantitative estimate of drug-likeness (QED) is 0.497. The highest BCUT2D eigenvalue weighted by Gasteiger charge is 2.06. The SMILES string of the molecule is Cc1ccc(/N=C/c2ccc(/C=N/c3ccc(C)cn3)c3nccnc23)nc1. The van der Waals surface area contributed by atoms with Gasteiger partial charge < -0.3 is 0 Å². The normalized spacial score (nSPS) is 11.6. The zero-order chi connectivity index (χ0) is 19.3. The fraction of sp³-hybridized carbons (Fsp3) is 0.0909. The lowest BCUT2D eigenvalue weighted by Gasteiger charge is -2.04. The molecule has 6 heteroatoms. The van der Waals surface area contributed by atoms with Gasteiger partial charge in [-0.3, -0.25) is 9.97 Å². The number of aliphatic imine (C=N–C) groups is 2. The Morgan fingerprint density at radius 3 is 1.46 bits per heavy atom. The Hall–Kier alpha value is -3.80. The molecule has 4 rings (SSSR count). The van der Waals surface area contributed by atoms with Gasteiger partial charge in [-0.1, -0.05) is 24.3 Å². The van der Waals surface area contributed by atoms with Crippen molar-refractivity contribution in [2.24, 2.45) is 9.98 Å². The van der Waals surface area contributed by atoms with E-state index in [1.54, 1.807) is 37.2 Å². The van der Waals surface area contributed by atoms with Crippen molar-refractivity contribution in [3.63, 3.8) is 0 Å². The first-order chi connectivity index (χ1) is 13.7. The summed E-state index contributed by atoms with van der Waals surface area (Å²) in [6, 6.07) is 11.6. The summed E-state index contributed by atoms with van der Waals surface area (Å²) in [7, 11) is 0. The molecule has 0 aliphatic rings. The molecule has 28 heavy (non-hydrogen) atoms. The van der Waals surface area contributed by atoms with Crippen molar-refractivity contribution >= 4 is 35.1 Å². The lowest BCUT2D eigenvalue weighted by molar-refractivity contribution is 1.23. The van der Waals surface area contributed by atoms with Gasteiger partial charge >= 0.3 is 0 Å². The van der Waals surface area contributed by atoms with Crippen molar-refractivity contribution in [3.05, 3.63) is 83.4 Å². The van der Waals surface area contributed by atoms with Crippen LogP contribution in [0.1, 0.15) is 22.3 Å². The Bertz CT molecular complexity index is 1070. The molecule has 0 spiro atoms. The van der Waals surface area contributed by atoms with Crippen LogP contribution in [0.3, 0.4) is 0 Å². The average Bonchev–Trinajstić information content (AvgIpc) is 2.73. The highest BCUT2D eigenvalue weighted by atomic mass is 14.9. The molecular weight excluding hydrogens is 348 g/mol. The third kappa shape index (κ3) is 3.96. The van der Waals surface area contributed by atoms with Crippen LogP contribution in [0.2, 0.25) is 0 Å². The molecule has 3 heterocycles. The monoisotopic (exact) mass is 366 g/mol. The molecule has 3 aromatic heterocycles. The molecule has 0 N–H and O–H groups in total. The van der Waals surface area contributed by atoms with Crippen molar-refractivity contribution in [2.45, 2.75) is 13.8 Å². The lowest BCUT2D eigenvalue weighted by atomic mass is 10.1. The highest BCUT2D eigenvalue weighted by molar-refractivity contribution is 6.04. The lowest BCUT2D eigenvalue weighted by Crippen LogP contribution is -1.95. The molecule has 0 amide bonds. The molecule has 0 bridgehead atoms. The number of pyridine rings is 2. The molecule has 0 unspecified atom stereocenters. The smallest absolute Gasteiger partial charge is 0.151 e. The van der Waals surface area contributed by atoms with E-state index in [9.17, 15) is 0 Å². The molecule has 0 atom stereocenters. The number of aryl methyl sites for hydroxylation is 2. The molecule has 6 nitrogen and oxygen atoms in total. The maximum absolute atomic E-state index is 4.48. The topological polar surface area (TPSA) is 76.3 Å². The molecule has 0 aliphatic carbocycles. The minimum atomic E-state index is 0.652. The molecule has 0 radical (unpaired) electrons. The van der Waals surface area contributed by atoms with Crippen LogP contribution in [0.4, 0.5) is 11.6 Å². The predicted molar refractivity (Wildman–Crippen MR) is 112 cm³/mol. The first kappa shape index (κ1) is 17.6. The van der Waals surface area contributed by atoms with Crippen LogP contribution in [0.25, 0.3) is 11.0 Å². The van der Waals surface area contributed by atoms with Crippen LogP contribution in [-0.4, -0.2) is 32.4 Å². The first-order valence-corrected chi connectivity index (χ1v) is 8.86. The minimum absolute atomic E-state index is 0.652. The maximum atomic E-state index is 4.48. The first-order valence-electron chi connectivity index (χ1n) is 8.86. The number of fused-ring (bicyclic) bond motifs is 1. The Labute approximate surface area is 162 Å². The fourth-order valence-corrected chi connectivity index (χ4v) is 2.65. The minimum Gasteiger partial charge on any atom is -0.252 e. The van der Waals surface area contributed by atoms with Gasteiger partial charge in [-0.15, -0.1) is 0 Å². The van der Waals surface area contributed by atoms with E-state index in [2.05, 4.69) is 29.9 Å². The number of hydrogen-bond acceptors (Lipinski definition) is 6.